The van der Waals surface area contributed by atoms with E-state index in [1.54, 1.807) is 0 Å². The predicted molar refractivity (Wildman–Crippen MR) is 78.2 cm³/mol. The first-order chi connectivity index (χ1) is 10.8. The van der Waals surface area contributed by atoms with Crippen LogP contribution in [-0.2, 0) is 4.74 Å². The first-order valence-electron chi connectivity index (χ1n) is 6.46. The number of carbonyl (C=O) groups is 2. The van der Waals surface area contributed by atoms with E-state index < -0.39 is 49.6 Å². The Bertz CT molecular complexity index is 704. The molecule has 23 heavy (non-hydrogen) atoms. The van der Waals surface area contributed by atoms with Crippen molar-refractivity contribution >= 4 is 37.2 Å². The molecule has 2 aromatic rings. The highest BCUT2D eigenvalue weighted by molar-refractivity contribution is 6.87. The van der Waals surface area contributed by atoms with Gasteiger partial charge < -0.3 is 4.74 Å². The molecule has 2 aromatic carbocycles. The zero-order chi connectivity index (χ0) is 17.0. The molecule has 0 radical (unpaired) electrons. The van der Waals surface area contributed by atoms with Gasteiger partial charge in [0.15, 0.2) is 23.3 Å². The molecule has 0 saturated heterocycles. The third-order valence-electron chi connectivity index (χ3n) is 2.89. The Morgan fingerprint density at radius 3 is 1.43 bits per heavy atom. The normalized spacial score (nSPS) is 10.1. The van der Waals surface area contributed by atoms with E-state index in [-0.39, 0.29) is 10.9 Å². The zero-order valence-corrected chi connectivity index (χ0v) is 11.6. The molecule has 0 bridgehead atoms. The molecule has 2 rings (SSSR count). The molecular formula is C14H8B2F4O3. The van der Waals surface area contributed by atoms with Crippen molar-refractivity contribution in [3.8, 4) is 0 Å². The Labute approximate surface area is 129 Å². The quantitative estimate of drug-likeness (QED) is 0.485. The summed E-state index contributed by atoms with van der Waals surface area (Å²) in [5.41, 5.74) is 0.268. The van der Waals surface area contributed by atoms with Crippen LogP contribution in [0.2, 0.25) is 0 Å². The molecule has 0 aromatic heterocycles. The number of ether oxygens (including phenoxy) is 1. The lowest BCUT2D eigenvalue weighted by Crippen LogP contribution is -2.31. The van der Waals surface area contributed by atoms with Crippen molar-refractivity contribution in [3.63, 3.8) is 0 Å². The molecule has 0 fully saturated rings. The molecule has 9 heteroatoms. The second kappa shape index (κ2) is 7.13. The number of carbonyl (C=O) groups excluding carboxylic acids is 2. The van der Waals surface area contributed by atoms with E-state index in [2.05, 4.69) is 4.74 Å². The molecule has 0 saturated carbocycles. The highest BCUT2D eigenvalue weighted by Gasteiger charge is 2.17. The summed E-state index contributed by atoms with van der Waals surface area (Å²) in [7, 11) is -0.860. The van der Waals surface area contributed by atoms with Gasteiger partial charge >= 0.3 is 0 Å². The summed E-state index contributed by atoms with van der Waals surface area (Å²) in [6.45, 7) is 0. The first kappa shape index (κ1) is 16.8. The molecule has 0 spiro atoms. The number of rotatable bonds is 4. The summed E-state index contributed by atoms with van der Waals surface area (Å²) in [6.07, 6.45) is 0. The maximum Gasteiger partial charge on any atom is 0.294 e. The van der Waals surface area contributed by atoms with Gasteiger partial charge in [-0.15, -0.1) is 0 Å². The molecule has 0 heterocycles. The third kappa shape index (κ3) is 4.70. The van der Waals surface area contributed by atoms with Gasteiger partial charge in [0.25, 0.3) is 26.3 Å². The fourth-order valence-corrected chi connectivity index (χ4v) is 1.83. The Hall–Kier alpha value is -2.57. The predicted octanol–water partition coefficient (Wildman–Crippen LogP) is 1.32. The minimum atomic E-state index is -1.12. The number of halogens is 4. The molecule has 0 unspecified atom stereocenters. The van der Waals surface area contributed by atoms with Gasteiger partial charge in [-0.05, 0) is 24.3 Å². The largest absolute Gasteiger partial charge is 0.410 e. The number of benzene rings is 2. The van der Waals surface area contributed by atoms with Crippen LogP contribution in [0.4, 0.5) is 27.2 Å². The van der Waals surface area contributed by atoms with Crippen molar-refractivity contribution in [1.82, 2.24) is 0 Å². The van der Waals surface area contributed by atoms with Gasteiger partial charge in [-0.25, -0.2) is 17.6 Å². The summed E-state index contributed by atoms with van der Waals surface area (Å²) < 4.78 is 56.0. The maximum atomic E-state index is 13.0. The fraction of sp³-hybridized carbons (Fsp3) is 0. The summed E-state index contributed by atoms with van der Waals surface area (Å²) in [6, 6.07) is 5.69. The molecule has 3 nitrogen and oxygen atoms in total. The molecule has 0 atom stereocenters. The Balaban J connectivity index is 1.92. The van der Waals surface area contributed by atoms with Crippen molar-refractivity contribution in [1.29, 1.82) is 0 Å². The van der Waals surface area contributed by atoms with Crippen LogP contribution in [0, 0.1) is 23.3 Å². The van der Waals surface area contributed by atoms with Gasteiger partial charge in [-0.1, -0.05) is 23.1 Å². The van der Waals surface area contributed by atoms with Crippen molar-refractivity contribution in [3.05, 3.63) is 59.7 Å². The van der Waals surface area contributed by atoms with E-state index >= 15 is 0 Å². The Morgan fingerprint density at radius 1 is 0.696 bits per heavy atom. The van der Waals surface area contributed by atoms with Crippen LogP contribution in [0.25, 0.3) is 0 Å². The monoisotopic (exact) mass is 322 g/mol. The van der Waals surface area contributed by atoms with E-state index in [0.717, 1.165) is 24.3 Å². The minimum absolute atomic E-state index is 0.134. The number of hydrogen-bond acceptors (Lipinski definition) is 3. The van der Waals surface area contributed by atoms with E-state index in [1.165, 1.54) is 12.1 Å². The van der Waals surface area contributed by atoms with Gasteiger partial charge in [-0.3, -0.25) is 9.59 Å². The summed E-state index contributed by atoms with van der Waals surface area (Å²) in [5, 5.41) is 0. The van der Waals surface area contributed by atoms with E-state index in [9.17, 15) is 27.2 Å². The van der Waals surface area contributed by atoms with Crippen LogP contribution >= 0.6 is 0 Å². The summed E-state index contributed by atoms with van der Waals surface area (Å²) in [4.78, 5) is 23.1. The lowest BCUT2D eigenvalue weighted by Gasteiger charge is -2.03. The molecule has 116 valence electrons. The van der Waals surface area contributed by atoms with Crippen molar-refractivity contribution < 1.29 is 31.9 Å². The SMILES string of the molecule is O=C(Bc1ccc(F)c(F)c1)OC(=O)Bc1ccc(F)c(F)c1. The van der Waals surface area contributed by atoms with E-state index in [1.807, 2.05) is 0 Å². The molecule has 0 aliphatic heterocycles. The average Bonchev–Trinajstić information content (AvgIpc) is 2.46. The third-order valence-corrected chi connectivity index (χ3v) is 2.89. The van der Waals surface area contributed by atoms with E-state index in [4.69, 9.17) is 0 Å². The van der Waals surface area contributed by atoms with Gasteiger partial charge in [0.2, 0.25) is 0 Å². The van der Waals surface area contributed by atoms with E-state index in [0.29, 0.717) is 0 Å². The topological polar surface area (TPSA) is 43.4 Å². The molecular weight excluding hydrogens is 314 g/mol. The summed E-state index contributed by atoms with van der Waals surface area (Å²) in [5.74, 6) is -6.30. The highest BCUT2D eigenvalue weighted by atomic mass is 19.2. The zero-order valence-electron chi connectivity index (χ0n) is 11.6. The number of hydrogen-bond donors (Lipinski definition) is 0. The van der Waals surface area contributed by atoms with Crippen LogP contribution < -0.4 is 10.9 Å². The second-order valence-electron chi connectivity index (χ2n) is 4.70. The van der Waals surface area contributed by atoms with Gasteiger partial charge in [0.05, 0.1) is 0 Å². The summed E-state index contributed by atoms with van der Waals surface area (Å²) >= 11 is 0. The van der Waals surface area contributed by atoms with Crippen LogP contribution in [0.1, 0.15) is 0 Å². The Morgan fingerprint density at radius 2 is 1.09 bits per heavy atom. The maximum absolute atomic E-state index is 13.0. The second-order valence-corrected chi connectivity index (χ2v) is 4.70. The van der Waals surface area contributed by atoms with Crippen molar-refractivity contribution in [2.75, 3.05) is 0 Å². The van der Waals surface area contributed by atoms with Crippen LogP contribution in [0.3, 0.4) is 0 Å². The standard InChI is InChI=1S/C14H8B2F4O3/c17-9-3-1-7(5-11(9)19)15-13(21)23-14(22)16-8-2-4-10(18)12(20)6-8/h1-6,15-16H. The fourth-order valence-electron chi connectivity index (χ4n) is 1.83. The van der Waals surface area contributed by atoms with Crippen LogP contribution in [0.15, 0.2) is 36.4 Å². The lowest BCUT2D eigenvalue weighted by atomic mass is 9.68. The highest BCUT2D eigenvalue weighted by Crippen LogP contribution is 2.02. The van der Waals surface area contributed by atoms with Crippen molar-refractivity contribution in [2.24, 2.45) is 0 Å². The molecule has 0 amide bonds. The van der Waals surface area contributed by atoms with Gasteiger partial charge in [-0.2, -0.15) is 0 Å². The van der Waals surface area contributed by atoms with Gasteiger partial charge in [0.1, 0.15) is 0 Å². The molecule has 0 aliphatic carbocycles. The smallest absolute Gasteiger partial charge is 0.294 e. The van der Waals surface area contributed by atoms with Crippen LogP contribution in [0.5, 0.6) is 0 Å². The molecule has 0 N–H and O–H groups in total. The lowest BCUT2D eigenvalue weighted by molar-refractivity contribution is 0.184. The van der Waals surface area contributed by atoms with Gasteiger partial charge in [0, 0.05) is 0 Å². The Kier molecular flexibility index (Phi) is 5.20. The van der Waals surface area contributed by atoms with Crippen molar-refractivity contribution in [2.45, 2.75) is 0 Å². The minimum Gasteiger partial charge on any atom is -0.410 e. The molecule has 0 aliphatic rings. The first-order valence-corrected chi connectivity index (χ1v) is 6.46. The average molecular weight is 322 g/mol. The van der Waals surface area contributed by atoms with Crippen LogP contribution in [-0.4, -0.2) is 26.3 Å².